The maximum Gasteiger partial charge on any atom is 0.302 e. The van der Waals surface area contributed by atoms with Gasteiger partial charge in [-0.1, -0.05) is 20.4 Å². The Balaban J connectivity index is 1.82. The van der Waals surface area contributed by atoms with Gasteiger partial charge in [-0.05, 0) is 42.6 Å². The van der Waals surface area contributed by atoms with Crippen LogP contribution in [0, 0.1) is 34.0 Å². The van der Waals surface area contributed by atoms with Crippen LogP contribution in [0.4, 0.5) is 0 Å². The quantitative estimate of drug-likeness (QED) is 0.349. The minimum Gasteiger partial charge on any atom is -0.462 e. The number of ether oxygens (including phenoxy) is 2. The fourth-order valence-electron chi connectivity index (χ4n) is 8.30. The first kappa shape index (κ1) is 20.6. The molecule has 0 aromatic rings. The lowest BCUT2D eigenvalue weighted by Gasteiger charge is -2.75. The van der Waals surface area contributed by atoms with Gasteiger partial charge in [-0.15, -0.1) is 0 Å². The van der Waals surface area contributed by atoms with Crippen molar-refractivity contribution in [3.8, 4) is 0 Å². The molecule has 2 heterocycles. The minimum absolute atomic E-state index is 0.211. The number of hydrogen-bond acceptors (Lipinski definition) is 8. The Hall–Kier alpha value is -1.32. The van der Waals surface area contributed by atoms with E-state index in [4.69, 9.17) is 9.47 Å². The second-order valence-electron chi connectivity index (χ2n) is 10.6. The van der Waals surface area contributed by atoms with E-state index in [0.29, 0.717) is 25.7 Å². The molecule has 4 aliphatic carbocycles. The summed E-state index contributed by atoms with van der Waals surface area (Å²) in [6.45, 7) is 9.02. The van der Waals surface area contributed by atoms with Gasteiger partial charge >= 0.3 is 5.97 Å². The third-order valence-electron chi connectivity index (χ3n) is 9.21. The van der Waals surface area contributed by atoms with Gasteiger partial charge in [0.15, 0.2) is 12.1 Å². The lowest BCUT2D eigenvalue weighted by atomic mass is 9.35. The highest BCUT2D eigenvalue weighted by atomic mass is 16.7. The van der Waals surface area contributed by atoms with Crippen LogP contribution in [0.3, 0.4) is 0 Å². The molecule has 4 bridgehead atoms. The van der Waals surface area contributed by atoms with Crippen LogP contribution in [0.25, 0.3) is 0 Å². The molecule has 2 saturated heterocycles. The molecule has 0 radical (unpaired) electrons. The number of carbonyl (C=O) groups excluding carboxylic acids is 2. The molecular weight excluding hydrogens is 392 g/mol. The van der Waals surface area contributed by atoms with Gasteiger partial charge in [-0.3, -0.25) is 9.59 Å². The summed E-state index contributed by atoms with van der Waals surface area (Å²) in [7, 11) is 0. The molecule has 8 nitrogen and oxygen atoms in total. The van der Waals surface area contributed by atoms with Gasteiger partial charge in [0.05, 0.1) is 11.5 Å². The predicted molar refractivity (Wildman–Crippen MR) is 101 cm³/mol. The number of hydrogen-bond donors (Lipinski definition) is 4. The number of fused-ring (bicyclic) bond motifs is 2. The van der Waals surface area contributed by atoms with Gasteiger partial charge < -0.3 is 29.9 Å². The molecule has 10 atom stereocenters. The third kappa shape index (κ3) is 1.84. The molecule has 2 aliphatic heterocycles. The summed E-state index contributed by atoms with van der Waals surface area (Å²) in [5.41, 5.74) is -3.53. The first-order valence-electron chi connectivity index (χ1n) is 10.7. The normalized spacial score (nSPS) is 55.8. The number of rotatable bonds is 1. The zero-order chi connectivity index (χ0) is 22.0. The molecule has 4 N–H and O–H groups in total. The van der Waals surface area contributed by atoms with Crippen molar-refractivity contribution in [1.82, 2.24) is 0 Å². The lowest BCUT2D eigenvalue weighted by molar-refractivity contribution is -0.507. The molecule has 2 spiro atoms. The predicted octanol–water partition coefficient (Wildman–Crippen LogP) is 0.265. The molecule has 0 unspecified atom stereocenters. The molecule has 0 aromatic heterocycles. The number of esters is 1. The fourth-order valence-corrected chi connectivity index (χ4v) is 8.30. The molecule has 166 valence electrons. The topological polar surface area (TPSA) is 134 Å². The van der Waals surface area contributed by atoms with Gasteiger partial charge in [0.1, 0.15) is 17.6 Å². The third-order valence-corrected chi connectivity index (χ3v) is 9.21. The highest BCUT2D eigenvalue weighted by Gasteiger charge is 2.89. The van der Waals surface area contributed by atoms with Gasteiger partial charge in [0, 0.05) is 18.8 Å². The van der Waals surface area contributed by atoms with Crippen LogP contribution in [-0.2, 0) is 19.1 Å². The molecule has 0 aromatic carbocycles. The molecule has 4 saturated carbocycles. The average molecular weight is 422 g/mol. The Morgan fingerprint density at radius 2 is 1.83 bits per heavy atom. The Bertz CT molecular complexity index is 852. The van der Waals surface area contributed by atoms with E-state index in [0.717, 1.165) is 0 Å². The second kappa shape index (κ2) is 5.72. The van der Waals surface area contributed by atoms with Crippen LogP contribution < -0.4 is 0 Å². The summed E-state index contributed by atoms with van der Waals surface area (Å²) in [5, 5.41) is 45.8. The average Bonchev–Trinajstić information content (AvgIpc) is 2.74. The van der Waals surface area contributed by atoms with Crippen LogP contribution in [0.15, 0.2) is 12.2 Å². The first-order chi connectivity index (χ1) is 13.9. The summed E-state index contributed by atoms with van der Waals surface area (Å²) in [6.07, 6.45) is -3.39. The Morgan fingerprint density at radius 1 is 1.17 bits per heavy atom. The van der Waals surface area contributed by atoms with E-state index >= 15 is 0 Å². The molecule has 6 rings (SSSR count). The van der Waals surface area contributed by atoms with Crippen molar-refractivity contribution in [1.29, 1.82) is 0 Å². The summed E-state index contributed by atoms with van der Waals surface area (Å²) < 4.78 is 11.4. The lowest BCUT2D eigenvalue weighted by Crippen LogP contribution is -2.87. The van der Waals surface area contributed by atoms with Crippen LogP contribution in [-0.4, -0.2) is 62.6 Å². The largest absolute Gasteiger partial charge is 0.462 e. The minimum atomic E-state index is -2.46. The van der Waals surface area contributed by atoms with E-state index in [1.165, 1.54) is 6.92 Å². The van der Waals surface area contributed by atoms with Crippen molar-refractivity contribution < 1.29 is 39.5 Å². The zero-order valence-corrected chi connectivity index (χ0v) is 17.5. The summed E-state index contributed by atoms with van der Waals surface area (Å²) in [4.78, 5) is 25.5. The molecule has 0 amide bonds. The van der Waals surface area contributed by atoms with Crippen LogP contribution in [0.2, 0.25) is 0 Å². The van der Waals surface area contributed by atoms with Crippen molar-refractivity contribution in [2.45, 2.75) is 76.8 Å². The van der Waals surface area contributed by atoms with Gasteiger partial charge in [0.2, 0.25) is 5.79 Å². The summed E-state index contributed by atoms with van der Waals surface area (Å²) >= 11 is 0. The monoisotopic (exact) mass is 422 g/mol. The van der Waals surface area contributed by atoms with E-state index in [2.05, 4.69) is 6.58 Å². The SMILES string of the molecule is C=C1C(=O)[C@]23[C@H](O)[C@H]1CC[C@H]2[C@@]12[C@H](O)O[C@]3(O)[C@@H](O)[C@@H]1C(C)(C)CC[C@@H]2OC(C)=O. The van der Waals surface area contributed by atoms with Crippen molar-refractivity contribution in [3.05, 3.63) is 12.2 Å². The molecule has 30 heavy (non-hydrogen) atoms. The van der Waals surface area contributed by atoms with Crippen LogP contribution in [0.1, 0.15) is 46.5 Å². The van der Waals surface area contributed by atoms with E-state index in [1.54, 1.807) is 0 Å². The Morgan fingerprint density at radius 3 is 2.47 bits per heavy atom. The maximum atomic E-state index is 13.6. The van der Waals surface area contributed by atoms with Crippen LogP contribution in [0.5, 0.6) is 0 Å². The van der Waals surface area contributed by atoms with Crippen molar-refractivity contribution in [2.75, 3.05) is 0 Å². The van der Waals surface area contributed by atoms with Crippen molar-refractivity contribution in [3.63, 3.8) is 0 Å². The van der Waals surface area contributed by atoms with E-state index in [-0.39, 0.29) is 5.57 Å². The van der Waals surface area contributed by atoms with Crippen LogP contribution >= 0.6 is 0 Å². The van der Waals surface area contributed by atoms with Crippen molar-refractivity contribution in [2.24, 2.45) is 34.0 Å². The highest BCUT2D eigenvalue weighted by Crippen LogP contribution is 2.77. The first-order valence-corrected chi connectivity index (χ1v) is 10.7. The molecular formula is C22H30O8. The number of aliphatic hydroxyl groups excluding tert-OH is 3. The summed E-state index contributed by atoms with van der Waals surface area (Å²) in [6, 6.07) is 0. The molecule has 6 aliphatic rings. The smallest absolute Gasteiger partial charge is 0.302 e. The Labute approximate surface area is 174 Å². The van der Waals surface area contributed by atoms with E-state index in [1.807, 2.05) is 13.8 Å². The maximum absolute atomic E-state index is 13.6. The number of Topliss-reactive ketones (excluding diaryl/α,β-unsaturated/α-hetero) is 1. The number of carbonyl (C=O) groups is 2. The Kier molecular flexibility index (Phi) is 3.92. The highest BCUT2D eigenvalue weighted by molar-refractivity contribution is 6.05. The van der Waals surface area contributed by atoms with E-state index < -0.39 is 76.1 Å². The summed E-state index contributed by atoms with van der Waals surface area (Å²) in [5.74, 6) is -5.52. The molecule has 6 fully saturated rings. The van der Waals surface area contributed by atoms with Gasteiger partial charge in [0.25, 0.3) is 0 Å². The second-order valence-corrected chi connectivity index (χ2v) is 10.6. The van der Waals surface area contributed by atoms with Gasteiger partial charge in [-0.2, -0.15) is 0 Å². The number of ketones is 1. The van der Waals surface area contributed by atoms with Gasteiger partial charge in [-0.25, -0.2) is 0 Å². The zero-order valence-electron chi connectivity index (χ0n) is 17.5. The molecule has 8 heteroatoms. The standard InChI is InChI=1S/C22H30O8/c1-9-11-5-6-12-20-13(29-10(2)23)7-8-19(3,4)14(20)17(26)22(28,30-18(20)27)21(12,15(9)24)16(11)25/h11-14,16-18,25-28H,1,5-8H2,2-4H3/t11-,12-,13-,14+,16+,17-,18+,20-,21-,22+/m0/s1. The van der Waals surface area contributed by atoms with E-state index in [9.17, 15) is 30.0 Å². The fraction of sp³-hybridized carbons (Fsp3) is 0.818. The van der Waals surface area contributed by atoms with Crippen molar-refractivity contribution >= 4 is 11.8 Å². The number of aliphatic hydroxyl groups is 4.